The molecular weight excluding hydrogens is 223 g/mol. The Kier molecular flexibility index (Phi) is 4.94. The number of halogens is 1. The number of carboxylic acids is 1. The smallest absolute Gasteiger partial charge is 0.303 e. The summed E-state index contributed by atoms with van der Waals surface area (Å²) < 4.78 is 13.8. The first kappa shape index (κ1) is 13.5. The van der Waals surface area contributed by atoms with Crippen molar-refractivity contribution in [1.29, 1.82) is 0 Å². The summed E-state index contributed by atoms with van der Waals surface area (Å²) in [6.45, 7) is 1.88. The Morgan fingerprint density at radius 2 is 2.18 bits per heavy atom. The second kappa shape index (κ2) is 6.23. The number of alkyl halides is 1. The van der Waals surface area contributed by atoms with E-state index < -0.39 is 12.1 Å². The maximum Gasteiger partial charge on any atom is 0.303 e. The molecule has 0 saturated heterocycles. The molecular formula is C13H17FO3. The zero-order valence-corrected chi connectivity index (χ0v) is 9.82. The van der Waals surface area contributed by atoms with Gasteiger partial charge in [-0.3, -0.25) is 4.79 Å². The van der Waals surface area contributed by atoms with E-state index in [2.05, 4.69) is 0 Å². The maximum atomic E-state index is 13.8. The molecule has 0 heterocycles. The Morgan fingerprint density at radius 3 is 2.76 bits per heavy atom. The van der Waals surface area contributed by atoms with Gasteiger partial charge >= 0.3 is 5.97 Å². The molecule has 3 nitrogen and oxygen atoms in total. The van der Waals surface area contributed by atoms with Gasteiger partial charge in [-0.1, -0.05) is 19.4 Å². The third-order valence-corrected chi connectivity index (χ3v) is 2.62. The number of benzene rings is 1. The molecule has 0 saturated carbocycles. The number of aromatic hydroxyl groups is 1. The van der Waals surface area contributed by atoms with Crippen molar-refractivity contribution in [2.45, 2.75) is 38.8 Å². The average molecular weight is 240 g/mol. The highest BCUT2D eigenvalue weighted by atomic mass is 19.1. The summed E-state index contributed by atoms with van der Waals surface area (Å²) >= 11 is 0. The van der Waals surface area contributed by atoms with Crippen LogP contribution in [0.4, 0.5) is 4.39 Å². The Bertz CT molecular complexity index is 390. The molecule has 0 bridgehead atoms. The minimum absolute atomic E-state index is 0.0119. The molecule has 1 rings (SSSR count). The molecule has 0 aliphatic heterocycles. The SMILES string of the molecule is CCCC(F)c1cc(O)ccc1CCC(=O)O. The lowest BCUT2D eigenvalue weighted by atomic mass is 9.97. The van der Waals surface area contributed by atoms with E-state index >= 15 is 0 Å². The number of phenolic OH excluding ortho intramolecular Hbond substituents is 1. The van der Waals surface area contributed by atoms with E-state index in [1.54, 1.807) is 6.07 Å². The summed E-state index contributed by atoms with van der Waals surface area (Å²) in [6, 6.07) is 4.44. The predicted molar refractivity (Wildman–Crippen MR) is 62.8 cm³/mol. The van der Waals surface area contributed by atoms with Crippen molar-refractivity contribution < 1.29 is 19.4 Å². The van der Waals surface area contributed by atoms with Gasteiger partial charge in [-0.05, 0) is 36.1 Å². The van der Waals surface area contributed by atoms with Crippen molar-refractivity contribution >= 4 is 5.97 Å². The molecule has 0 aliphatic rings. The van der Waals surface area contributed by atoms with Crippen molar-refractivity contribution in [2.75, 3.05) is 0 Å². The molecule has 0 radical (unpaired) electrons. The van der Waals surface area contributed by atoms with Crippen molar-refractivity contribution in [3.63, 3.8) is 0 Å². The van der Waals surface area contributed by atoms with Gasteiger partial charge in [0.05, 0.1) is 0 Å². The Morgan fingerprint density at radius 1 is 1.47 bits per heavy atom. The van der Waals surface area contributed by atoms with Crippen LogP contribution in [0.5, 0.6) is 5.75 Å². The fourth-order valence-electron chi connectivity index (χ4n) is 1.75. The Hall–Kier alpha value is -1.58. The van der Waals surface area contributed by atoms with Gasteiger partial charge in [-0.15, -0.1) is 0 Å². The lowest BCUT2D eigenvalue weighted by Gasteiger charge is -2.13. The van der Waals surface area contributed by atoms with Crippen LogP contribution in [0.1, 0.15) is 43.5 Å². The monoisotopic (exact) mass is 240 g/mol. The number of aryl methyl sites for hydroxylation is 1. The van der Waals surface area contributed by atoms with Crippen molar-refractivity contribution in [2.24, 2.45) is 0 Å². The molecule has 1 unspecified atom stereocenters. The maximum absolute atomic E-state index is 13.8. The van der Waals surface area contributed by atoms with Crippen molar-refractivity contribution in [1.82, 2.24) is 0 Å². The number of carbonyl (C=O) groups is 1. The molecule has 1 aromatic carbocycles. The fourth-order valence-corrected chi connectivity index (χ4v) is 1.75. The second-order valence-electron chi connectivity index (χ2n) is 4.03. The largest absolute Gasteiger partial charge is 0.508 e. The number of phenols is 1. The van der Waals surface area contributed by atoms with Gasteiger partial charge < -0.3 is 10.2 Å². The van der Waals surface area contributed by atoms with Crippen LogP contribution in [0.25, 0.3) is 0 Å². The van der Waals surface area contributed by atoms with Crippen LogP contribution < -0.4 is 0 Å². The van der Waals surface area contributed by atoms with Crippen LogP contribution in [-0.4, -0.2) is 16.2 Å². The van der Waals surface area contributed by atoms with E-state index in [1.807, 2.05) is 6.92 Å². The first-order chi connectivity index (χ1) is 8.04. The molecule has 0 aromatic heterocycles. The van der Waals surface area contributed by atoms with Gasteiger partial charge in [0.1, 0.15) is 11.9 Å². The van der Waals surface area contributed by atoms with Crippen LogP contribution in [-0.2, 0) is 11.2 Å². The minimum atomic E-state index is -1.14. The highest BCUT2D eigenvalue weighted by Crippen LogP contribution is 2.29. The molecule has 0 aliphatic carbocycles. The molecule has 1 aromatic rings. The second-order valence-corrected chi connectivity index (χ2v) is 4.03. The molecule has 2 N–H and O–H groups in total. The Labute approximate surface area is 99.9 Å². The summed E-state index contributed by atoms with van der Waals surface area (Å²) in [5.41, 5.74) is 1.07. The van der Waals surface area contributed by atoms with E-state index in [4.69, 9.17) is 5.11 Å². The van der Waals surface area contributed by atoms with E-state index in [0.717, 1.165) is 0 Å². The van der Waals surface area contributed by atoms with E-state index in [-0.39, 0.29) is 18.6 Å². The lowest BCUT2D eigenvalue weighted by Crippen LogP contribution is -2.02. The van der Waals surface area contributed by atoms with Gasteiger partial charge in [-0.25, -0.2) is 4.39 Å². The zero-order valence-electron chi connectivity index (χ0n) is 9.82. The lowest BCUT2D eigenvalue weighted by molar-refractivity contribution is -0.136. The molecule has 0 spiro atoms. The van der Waals surface area contributed by atoms with Gasteiger partial charge in [0.2, 0.25) is 0 Å². The standard InChI is InChI=1S/C13H17FO3/c1-2-3-12(14)11-8-10(15)6-4-9(11)5-7-13(16)17/h4,6,8,12,15H,2-3,5,7H2,1H3,(H,16,17). The summed E-state index contributed by atoms with van der Waals surface area (Å²) in [5, 5.41) is 18.0. The molecule has 4 heteroatoms. The van der Waals surface area contributed by atoms with Gasteiger partial charge in [-0.2, -0.15) is 0 Å². The molecule has 17 heavy (non-hydrogen) atoms. The van der Waals surface area contributed by atoms with Crippen molar-refractivity contribution in [3.05, 3.63) is 29.3 Å². The molecule has 94 valence electrons. The quantitative estimate of drug-likeness (QED) is 0.802. The van der Waals surface area contributed by atoms with Crippen LogP contribution >= 0.6 is 0 Å². The van der Waals surface area contributed by atoms with Crippen molar-refractivity contribution in [3.8, 4) is 5.75 Å². The zero-order chi connectivity index (χ0) is 12.8. The predicted octanol–water partition coefficient (Wildman–Crippen LogP) is 3.22. The number of hydrogen-bond donors (Lipinski definition) is 2. The fraction of sp³-hybridized carbons (Fsp3) is 0.462. The number of hydrogen-bond acceptors (Lipinski definition) is 2. The third-order valence-electron chi connectivity index (χ3n) is 2.62. The number of rotatable bonds is 6. The molecule has 0 fully saturated rings. The summed E-state index contributed by atoms with van der Waals surface area (Å²) in [6.07, 6.45) is 0.195. The average Bonchev–Trinajstić information content (AvgIpc) is 2.27. The summed E-state index contributed by atoms with van der Waals surface area (Å²) in [4.78, 5) is 10.5. The van der Waals surface area contributed by atoms with Gasteiger partial charge in [0.15, 0.2) is 0 Å². The first-order valence-electron chi connectivity index (χ1n) is 5.72. The van der Waals surface area contributed by atoms with Crippen LogP contribution in [0.2, 0.25) is 0 Å². The third kappa shape index (κ3) is 4.06. The van der Waals surface area contributed by atoms with E-state index in [1.165, 1.54) is 12.1 Å². The molecule has 0 amide bonds. The van der Waals surface area contributed by atoms with E-state index in [0.29, 0.717) is 24.0 Å². The summed E-state index contributed by atoms with van der Waals surface area (Å²) in [5.74, 6) is -0.896. The van der Waals surface area contributed by atoms with Gasteiger partial charge in [0.25, 0.3) is 0 Å². The molecule has 1 atom stereocenters. The normalized spacial score (nSPS) is 12.4. The highest BCUT2D eigenvalue weighted by molar-refractivity contribution is 5.67. The Balaban J connectivity index is 2.90. The minimum Gasteiger partial charge on any atom is -0.508 e. The van der Waals surface area contributed by atoms with Crippen LogP contribution in [0, 0.1) is 0 Å². The van der Waals surface area contributed by atoms with Crippen LogP contribution in [0.3, 0.4) is 0 Å². The van der Waals surface area contributed by atoms with Crippen LogP contribution in [0.15, 0.2) is 18.2 Å². The number of aliphatic carboxylic acids is 1. The highest BCUT2D eigenvalue weighted by Gasteiger charge is 2.15. The number of carboxylic acid groups (broad SMARTS) is 1. The first-order valence-corrected chi connectivity index (χ1v) is 5.72. The van der Waals surface area contributed by atoms with E-state index in [9.17, 15) is 14.3 Å². The summed E-state index contributed by atoms with van der Waals surface area (Å²) in [7, 11) is 0. The van der Waals surface area contributed by atoms with Gasteiger partial charge in [0, 0.05) is 6.42 Å². The topological polar surface area (TPSA) is 57.5 Å².